The zero-order valence-electron chi connectivity index (χ0n) is 13.6. The quantitative estimate of drug-likeness (QED) is 0.708. The highest BCUT2D eigenvalue weighted by Crippen LogP contribution is 2.35. The first kappa shape index (κ1) is 17.3. The van der Waals surface area contributed by atoms with Gasteiger partial charge in [-0.25, -0.2) is 4.98 Å². The summed E-state index contributed by atoms with van der Waals surface area (Å²) in [6.45, 7) is 0.552. The van der Waals surface area contributed by atoms with Crippen LogP contribution in [0.15, 0.2) is 24.3 Å². The molecular weight excluding hydrogens is 328 g/mol. The second-order valence-corrected chi connectivity index (χ2v) is 7.34. The predicted octanol–water partition coefficient (Wildman–Crippen LogP) is 1.77. The monoisotopic (exact) mass is 350 g/mol. The van der Waals surface area contributed by atoms with E-state index in [9.17, 15) is 15.0 Å². The van der Waals surface area contributed by atoms with E-state index in [2.05, 4.69) is 10.3 Å². The molecule has 1 aliphatic rings. The van der Waals surface area contributed by atoms with E-state index in [1.54, 1.807) is 7.11 Å². The molecular formula is C17H22N2O4S. The Morgan fingerprint density at radius 2 is 2.17 bits per heavy atom. The number of fused-ring (bicyclic) bond motifs is 1. The number of rotatable bonds is 7. The lowest BCUT2D eigenvalue weighted by atomic mass is 9.74. The molecule has 130 valence electrons. The number of aromatic nitrogens is 1. The minimum atomic E-state index is -1.54. The van der Waals surface area contributed by atoms with Gasteiger partial charge in [-0.1, -0.05) is 12.1 Å². The fourth-order valence-corrected chi connectivity index (χ4v) is 3.95. The number of nitrogens with one attached hydrogen (secondary N) is 1. The van der Waals surface area contributed by atoms with Crippen molar-refractivity contribution in [2.75, 3.05) is 13.7 Å². The maximum absolute atomic E-state index is 12.4. The van der Waals surface area contributed by atoms with Gasteiger partial charge >= 0.3 is 0 Å². The Morgan fingerprint density at radius 1 is 1.42 bits per heavy atom. The molecule has 1 saturated carbocycles. The fourth-order valence-electron chi connectivity index (χ4n) is 2.97. The number of carbonyl (C=O) groups excluding carboxylic acids is 1. The summed E-state index contributed by atoms with van der Waals surface area (Å²) in [5.41, 5.74) is 0.432. The largest absolute Gasteiger partial charge is 0.385 e. The molecule has 0 bridgehead atoms. The van der Waals surface area contributed by atoms with Gasteiger partial charge in [0.2, 0.25) is 0 Å². The van der Waals surface area contributed by atoms with Crippen LogP contribution in [0.4, 0.5) is 0 Å². The van der Waals surface area contributed by atoms with Crippen molar-refractivity contribution in [2.45, 2.75) is 43.4 Å². The number of benzene rings is 1. The second kappa shape index (κ2) is 7.14. The molecule has 1 amide bonds. The van der Waals surface area contributed by atoms with Gasteiger partial charge in [-0.2, -0.15) is 0 Å². The molecule has 7 heteroatoms. The van der Waals surface area contributed by atoms with Crippen molar-refractivity contribution in [1.82, 2.24) is 10.3 Å². The van der Waals surface area contributed by atoms with E-state index >= 15 is 0 Å². The highest BCUT2D eigenvalue weighted by atomic mass is 32.1. The number of amides is 1. The molecule has 1 aromatic carbocycles. The maximum atomic E-state index is 12.4. The van der Waals surface area contributed by atoms with E-state index in [4.69, 9.17) is 4.74 Å². The van der Waals surface area contributed by atoms with Gasteiger partial charge in [0, 0.05) is 19.3 Å². The molecule has 3 rings (SSSR count). The smallest absolute Gasteiger partial charge is 0.252 e. The van der Waals surface area contributed by atoms with Gasteiger partial charge in [0.05, 0.1) is 10.2 Å². The molecule has 1 fully saturated rings. The van der Waals surface area contributed by atoms with Crippen LogP contribution in [0.5, 0.6) is 0 Å². The molecule has 1 aliphatic carbocycles. The summed E-state index contributed by atoms with van der Waals surface area (Å²) in [4.78, 5) is 16.7. The molecule has 0 radical (unpaired) electrons. The highest BCUT2D eigenvalue weighted by Gasteiger charge is 2.40. The van der Waals surface area contributed by atoms with Crippen LogP contribution in [0.25, 0.3) is 10.2 Å². The lowest BCUT2D eigenvalue weighted by molar-refractivity contribution is -0.139. The summed E-state index contributed by atoms with van der Waals surface area (Å²) in [5.74, 6) is -0.558. The number of hydrogen-bond acceptors (Lipinski definition) is 6. The van der Waals surface area contributed by atoms with E-state index in [0.29, 0.717) is 18.0 Å². The number of methoxy groups -OCH3 is 1. The number of carbonyl (C=O) groups is 1. The van der Waals surface area contributed by atoms with E-state index in [1.807, 2.05) is 24.3 Å². The molecule has 0 aliphatic heterocycles. The third-order valence-electron chi connectivity index (χ3n) is 4.61. The van der Waals surface area contributed by atoms with Crippen LogP contribution < -0.4 is 5.32 Å². The first-order valence-electron chi connectivity index (χ1n) is 8.07. The van der Waals surface area contributed by atoms with Crippen molar-refractivity contribution >= 4 is 27.5 Å². The zero-order chi connectivity index (χ0) is 17.2. The SMILES string of the molecule is COCCC1(NC(=O)[C@@H](O)[C@H](O)c2nc3ccccc3s2)CCC1. The third-order valence-corrected chi connectivity index (χ3v) is 5.72. The van der Waals surface area contributed by atoms with Crippen molar-refractivity contribution in [3.8, 4) is 0 Å². The van der Waals surface area contributed by atoms with Crippen molar-refractivity contribution < 1.29 is 19.7 Å². The van der Waals surface area contributed by atoms with Gasteiger partial charge in [-0.05, 0) is 37.8 Å². The Balaban J connectivity index is 1.68. The summed E-state index contributed by atoms with van der Waals surface area (Å²) < 4.78 is 6.01. The van der Waals surface area contributed by atoms with Crippen molar-refractivity contribution in [2.24, 2.45) is 0 Å². The van der Waals surface area contributed by atoms with E-state index < -0.39 is 18.1 Å². The average Bonchev–Trinajstić information content (AvgIpc) is 2.99. The van der Waals surface area contributed by atoms with E-state index in [1.165, 1.54) is 11.3 Å². The van der Waals surface area contributed by atoms with Crippen LogP contribution in [-0.4, -0.2) is 46.5 Å². The molecule has 0 saturated heterocycles. The number of nitrogens with zero attached hydrogens (tertiary/aromatic N) is 1. The first-order chi connectivity index (χ1) is 11.5. The Morgan fingerprint density at radius 3 is 2.79 bits per heavy atom. The Bertz CT molecular complexity index is 680. The molecule has 2 atom stereocenters. The van der Waals surface area contributed by atoms with Crippen molar-refractivity contribution in [3.05, 3.63) is 29.3 Å². The summed E-state index contributed by atoms with van der Waals surface area (Å²) in [7, 11) is 1.62. The van der Waals surface area contributed by atoms with Gasteiger partial charge in [0.15, 0.2) is 6.10 Å². The lowest BCUT2D eigenvalue weighted by Gasteiger charge is -2.43. The van der Waals surface area contributed by atoms with Gasteiger partial charge in [0.1, 0.15) is 11.1 Å². The van der Waals surface area contributed by atoms with Crippen LogP contribution >= 0.6 is 11.3 Å². The zero-order valence-corrected chi connectivity index (χ0v) is 14.4. The molecule has 24 heavy (non-hydrogen) atoms. The normalized spacial score (nSPS) is 18.8. The standard InChI is InChI=1S/C17H22N2O4S/c1-23-10-9-17(7-4-8-17)19-15(22)13(20)14(21)16-18-11-5-2-3-6-12(11)24-16/h2-3,5-6,13-14,20-21H,4,7-10H2,1H3,(H,19,22)/t13-,14-/m0/s1. The molecule has 2 aromatic rings. The van der Waals surface area contributed by atoms with Gasteiger partial charge in [-0.3, -0.25) is 4.79 Å². The predicted molar refractivity (Wildman–Crippen MR) is 91.8 cm³/mol. The maximum Gasteiger partial charge on any atom is 0.252 e. The molecule has 1 aromatic heterocycles. The van der Waals surface area contributed by atoms with E-state index in [-0.39, 0.29) is 5.54 Å². The number of thiazole rings is 1. The molecule has 3 N–H and O–H groups in total. The summed E-state index contributed by atoms with van der Waals surface area (Å²) in [6.07, 6.45) is 0.616. The van der Waals surface area contributed by atoms with Gasteiger partial charge in [-0.15, -0.1) is 11.3 Å². The molecule has 6 nitrogen and oxygen atoms in total. The molecule has 0 unspecified atom stereocenters. The number of hydrogen-bond donors (Lipinski definition) is 3. The Hall–Kier alpha value is -1.54. The van der Waals surface area contributed by atoms with Crippen LogP contribution in [0, 0.1) is 0 Å². The minimum absolute atomic E-state index is 0.318. The van der Waals surface area contributed by atoms with Gasteiger partial charge < -0.3 is 20.3 Å². The van der Waals surface area contributed by atoms with Crippen LogP contribution in [-0.2, 0) is 9.53 Å². The van der Waals surface area contributed by atoms with E-state index in [0.717, 1.165) is 29.5 Å². The Labute approximate surface area is 144 Å². The number of aliphatic hydroxyl groups excluding tert-OH is 2. The van der Waals surface area contributed by atoms with Crippen molar-refractivity contribution in [3.63, 3.8) is 0 Å². The lowest BCUT2D eigenvalue weighted by Crippen LogP contribution is -2.57. The second-order valence-electron chi connectivity index (χ2n) is 6.28. The summed E-state index contributed by atoms with van der Waals surface area (Å²) in [6, 6.07) is 7.47. The number of para-hydroxylation sites is 1. The van der Waals surface area contributed by atoms with Crippen LogP contribution in [0.1, 0.15) is 36.8 Å². The van der Waals surface area contributed by atoms with Gasteiger partial charge in [0.25, 0.3) is 5.91 Å². The van der Waals surface area contributed by atoms with Crippen molar-refractivity contribution in [1.29, 1.82) is 0 Å². The number of ether oxygens (including phenoxy) is 1. The van der Waals surface area contributed by atoms with Crippen LogP contribution in [0.2, 0.25) is 0 Å². The Kier molecular flexibility index (Phi) is 5.15. The topological polar surface area (TPSA) is 91.7 Å². The molecule has 0 spiro atoms. The summed E-state index contributed by atoms with van der Waals surface area (Å²) in [5, 5.41) is 23.8. The molecule has 1 heterocycles. The minimum Gasteiger partial charge on any atom is -0.385 e. The first-order valence-corrected chi connectivity index (χ1v) is 8.89. The average molecular weight is 350 g/mol. The number of aliphatic hydroxyl groups is 2. The fraction of sp³-hybridized carbons (Fsp3) is 0.529. The summed E-state index contributed by atoms with van der Waals surface area (Å²) >= 11 is 1.28. The van der Waals surface area contributed by atoms with Crippen LogP contribution in [0.3, 0.4) is 0 Å². The highest BCUT2D eigenvalue weighted by molar-refractivity contribution is 7.18. The third kappa shape index (κ3) is 3.44.